The fraction of sp³-hybridized carbons (Fsp3) is 0.0441. The predicted octanol–water partition coefficient (Wildman–Crippen LogP) is 17.8. The van der Waals surface area contributed by atoms with E-state index in [2.05, 4.69) is 156 Å². The van der Waals surface area contributed by atoms with E-state index in [1.807, 2.05) is 79.0 Å². The van der Waals surface area contributed by atoms with Crippen LogP contribution in [0.3, 0.4) is 0 Å². The molecule has 4 aliphatic rings. The number of halogens is 2. The molecule has 4 nitrogen and oxygen atoms in total. The van der Waals surface area contributed by atoms with E-state index in [0.29, 0.717) is 16.9 Å². The highest BCUT2D eigenvalue weighted by atomic mass is 19.1. The van der Waals surface area contributed by atoms with Gasteiger partial charge in [-0.25, -0.2) is 8.78 Å². The third kappa shape index (κ3) is 5.73. The van der Waals surface area contributed by atoms with Gasteiger partial charge in [-0.1, -0.05) is 146 Å². The molecule has 0 fully saturated rings. The Balaban J connectivity index is 1.05. The molecule has 0 N–H and O–H groups in total. The summed E-state index contributed by atoms with van der Waals surface area (Å²) in [5.41, 5.74) is 19.5. The zero-order valence-corrected chi connectivity index (χ0v) is 40.1. The second-order valence-electron chi connectivity index (χ2n) is 19.7. The first kappa shape index (κ1) is 42.3. The Morgan fingerprint density at radius 2 is 1.03 bits per heavy atom. The molecule has 0 saturated heterocycles. The average molecular weight is 956 g/mol. The Morgan fingerprint density at radius 3 is 1.76 bits per heavy atom. The number of hydrogen-bond donors (Lipinski definition) is 0. The standard InChI is InChI=1S/C68H43F2N3O/c1-67-53-21-8-5-20-50(53)52-41-57-63(65(64(52)67)73(60-26-13-9-22-54(60)67)46-35-31-43(32-36-46)49-19-7-12-25-59(49)70)51-38-37-47(40-56(51)68(57)55-23-10-14-27-61(55)74-62-28-15-39-71-66(62)68)72(44-16-3-2-4-17-44)45-33-29-42(30-34-45)48-18-6-11-24-58(48)69/h2-41H,1H3. The first-order valence-electron chi connectivity index (χ1n) is 25.1. The minimum absolute atomic E-state index is 0.256. The van der Waals surface area contributed by atoms with E-state index in [1.165, 1.54) is 39.9 Å². The fourth-order valence-electron chi connectivity index (χ4n) is 13.0. The quantitative estimate of drug-likeness (QED) is 0.166. The number of benzene rings is 10. The van der Waals surface area contributed by atoms with E-state index >= 15 is 8.78 Å². The molecular formula is C68H43F2N3O. The first-order valence-corrected chi connectivity index (χ1v) is 25.1. The van der Waals surface area contributed by atoms with Gasteiger partial charge >= 0.3 is 0 Å². The molecule has 10 aromatic carbocycles. The van der Waals surface area contributed by atoms with Gasteiger partial charge in [0, 0.05) is 56.6 Å². The molecule has 0 amide bonds. The molecular weight excluding hydrogens is 913 g/mol. The van der Waals surface area contributed by atoms with E-state index in [0.717, 1.165) is 84.5 Å². The number of fused-ring (bicyclic) bond motifs is 15. The van der Waals surface area contributed by atoms with Crippen LogP contribution in [0.15, 0.2) is 243 Å². The van der Waals surface area contributed by atoms with E-state index < -0.39 is 10.8 Å². The summed E-state index contributed by atoms with van der Waals surface area (Å²) < 4.78 is 37.5. The van der Waals surface area contributed by atoms with Gasteiger partial charge < -0.3 is 14.5 Å². The maximum atomic E-state index is 15.4. The second kappa shape index (κ2) is 15.8. The molecule has 11 aromatic rings. The topological polar surface area (TPSA) is 28.6 Å². The van der Waals surface area contributed by atoms with Crippen molar-refractivity contribution < 1.29 is 13.5 Å². The van der Waals surface area contributed by atoms with Crippen molar-refractivity contribution in [2.75, 3.05) is 9.80 Å². The molecule has 1 aromatic heterocycles. The highest BCUT2D eigenvalue weighted by Crippen LogP contribution is 2.70. The number of aromatic nitrogens is 1. The van der Waals surface area contributed by atoms with E-state index in [4.69, 9.17) is 9.72 Å². The Hall–Kier alpha value is -9.39. The normalized spacial score (nSPS) is 16.8. The van der Waals surface area contributed by atoms with Gasteiger partial charge in [-0.3, -0.25) is 4.98 Å². The smallest absolute Gasteiger partial charge is 0.150 e. The van der Waals surface area contributed by atoms with Crippen molar-refractivity contribution >= 4 is 34.1 Å². The molecule has 74 heavy (non-hydrogen) atoms. The molecule has 2 unspecified atom stereocenters. The van der Waals surface area contributed by atoms with Crippen LogP contribution in [0.5, 0.6) is 11.5 Å². The van der Waals surface area contributed by atoms with Crippen LogP contribution in [0, 0.1) is 11.6 Å². The number of para-hydroxylation sites is 3. The Morgan fingerprint density at radius 1 is 0.446 bits per heavy atom. The van der Waals surface area contributed by atoms with Crippen molar-refractivity contribution in [1.82, 2.24) is 4.98 Å². The highest BCUT2D eigenvalue weighted by Gasteiger charge is 2.57. The van der Waals surface area contributed by atoms with Crippen molar-refractivity contribution in [2.24, 2.45) is 0 Å². The van der Waals surface area contributed by atoms with Gasteiger partial charge in [0.2, 0.25) is 0 Å². The monoisotopic (exact) mass is 955 g/mol. The molecule has 2 aliphatic heterocycles. The maximum Gasteiger partial charge on any atom is 0.150 e. The highest BCUT2D eigenvalue weighted by molar-refractivity contribution is 6.08. The molecule has 15 rings (SSSR count). The van der Waals surface area contributed by atoms with Crippen molar-refractivity contribution in [3.63, 3.8) is 0 Å². The molecule has 350 valence electrons. The number of pyridine rings is 1. The van der Waals surface area contributed by atoms with Crippen molar-refractivity contribution in [3.8, 4) is 56.0 Å². The van der Waals surface area contributed by atoms with Crippen LogP contribution in [0.25, 0.3) is 44.5 Å². The molecule has 1 spiro atoms. The molecule has 2 atom stereocenters. The summed E-state index contributed by atoms with van der Waals surface area (Å²) >= 11 is 0. The van der Waals surface area contributed by atoms with Gasteiger partial charge in [0.1, 0.15) is 23.1 Å². The van der Waals surface area contributed by atoms with E-state index in [1.54, 1.807) is 12.1 Å². The molecule has 0 radical (unpaired) electrons. The van der Waals surface area contributed by atoms with E-state index in [9.17, 15) is 0 Å². The van der Waals surface area contributed by atoms with Crippen LogP contribution in [-0.4, -0.2) is 4.98 Å². The average Bonchev–Trinajstić information content (AvgIpc) is 4.12. The number of anilines is 6. The van der Waals surface area contributed by atoms with Gasteiger partial charge in [0.05, 0.1) is 16.8 Å². The van der Waals surface area contributed by atoms with Crippen LogP contribution in [0.4, 0.5) is 42.9 Å². The van der Waals surface area contributed by atoms with Crippen LogP contribution < -0.4 is 14.5 Å². The molecule has 0 saturated carbocycles. The minimum atomic E-state index is -0.958. The largest absolute Gasteiger partial charge is 0.455 e. The summed E-state index contributed by atoms with van der Waals surface area (Å²) in [7, 11) is 0. The van der Waals surface area contributed by atoms with E-state index in [-0.39, 0.29) is 11.6 Å². The molecule has 0 bridgehead atoms. The maximum absolute atomic E-state index is 15.4. The van der Waals surface area contributed by atoms with Crippen LogP contribution in [0.1, 0.15) is 46.0 Å². The zero-order chi connectivity index (χ0) is 49.3. The Kier molecular flexibility index (Phi) is 9.03. The first-order chi connectivity index (χ1) is 36.4. The van der Waals surface area contributed by atoms with Gasteiger partial charge in [0.15, 0.2) is 5.75 Å². The fourth-order valence-corrected chi connectivity index (χ4v) is 13.0. The van der Waals surface area contributed by atoms with Crippen LogP contribution in [0.2, 0.25) is 0 Å². The van der Waals surface area contributed by atoms with Crippen LogP contribution >= 0.6 is 0 Å². The lowest BCUT2D eigenvalue weighted by Crippen LogP contribution is -2.35. The lowest BCUT2D eigenvalue weighted by Gasteiger charge is -2.44. The third-order valence-electron chi connectivity index (χ3n) is 16.1. The van der Waals surface area contributed by atoms with Gasteiger partial charge in [-0.2, -0.15) is 0 Å². The van der Waals surface area contributed by atoms with Gasteiger partial charge in [-0.15, -0.1) is 0 Å². The van der Waals surface area contributed by atoms with Crippen molar-refractivity contribution in [2.45, 2.75) is 17.8 Å². The predicted molar refractivity (Wildman–Crippen MR) is 293 cm³/mol. The molecule has 6 heteroatoms. The number of rotatable bonds is 6. The molecule has 3 heterocycles. The third-order valence-corrected chi connectivity index (χ3v) is 16.1. The Bertz CT molecular complexity index is 4070. The summed E-state index contributed by atoms with van der Waals surface area (Å²) in [6, 6.07) is 80.3. The van der Waals surface area contributed by atoms with Crippen molar-refractivity contribution in [3.05, 3.63) is 293 Å². The number of nitrogens with zero attached hydrogens (tertiary/aromatic N) is 3. The van der Waals surface area contributed by atoms with Crippen LogP contribution in [-0.2, 0) is 10.8 Å². The Labute approximate surface area is 427 Å². The minimum Gasteiger partial charge on any atom is -0.455 e. The molecule has 2 aliphatic carbocycles. The summed E-state index contributed by atoms with van der Waals surface area (Å²) in [4.78, 5) is 10.1. The summed E-state index contributed by atoms with van der Waals surface area (Å²) in [5, 5.41) is 0. The van der Waals surface area contributed by atoms with Crippen molar-refractivity contribution in [1.29, 1.82) is 0 Å². The summed E-state index contributed by atoms with van der Waals surface area (Å²) in [5.74, 6) is 0.952. The SMILES string of the molecule is CC12c3ccccc3-c3cc4c(c(c31)N(c1ccc(-c3ccccc3F)cc1)c1ccccc12)-c1ccc(N(c2ccccc2)c2ccc(-c3ccccc3F)cc2)cc1C41c2ccccc2Oc2cccnc21. The zero-order valence-electron chi connectivity index (χ0n) is 40.1. The lowest BCUT2D eigenvalue weighted by atomic mass is 9.66. The summed E-state index contributed by atoms with van der Waals surface area (Å²) in [6.45, 7) is 2.40. The summed E-state index contributed by atoms with van der Waals surface area (Å²) in [6.07, 6.45) is 1.89. The second-order valence-corrected chi connectivity index (χ2v) is 19.7. The van der Waals surface area contributed by atoms with Gasteiger partial charge in [0.25, 0.3) is 0 Å². The lowest BCUT2D eigenvalue weighted by molar-refractivity contribution is 0.429. The number of hydrogen-bond acceptors (Lipinski definition) is 4. The van der Waals surface area contributed by atoms with Gasteiger partial charge in [-0.05, 0) is 154 Å². The number of ether oxygens (including phenoxy) is 1.